The number of piperidine rings is 1. The molecule has 1 aromatic heterocycles. The van der Waals surface area contributed by atoms with Crippen molar-refractivity contribution in [3.05, 3.63) is 41.2 Å². The van der Waals surface area contributed by atoms with Gasteiger partial charge in [0.1, 0.15) is 13.2 Å². The van der Waals surface area contributed by atoms with E-state index in [9.17, 15) is 0 Å². The maximum atomic E-state index is 5.66. The third kappa shape index (κ3) is 4.04. The highest BCUT2D eigenvalue weighted by molar-refractivity contribution is 5.36. The van der Waals surface area contributed by atoms with Gasteiger partial charge in [0.2, 0.25) is 0 Å². The van der Waals surface area contributed by atoms with E-state index in [4.69, 9.17) is 14.5 Å². The van der Waals surface area contributed by atoms with E-state index in [1.807, 2.05) is 6.07 Å². The zero-order valence-electron chi connectivity index (χ0n) is 17.6. The fourth-order valence-electron chi connectivity index (χ4n) is 4.53. The van der Waals surface area contributed by atoms with Gasteiger partial charge in [-0.05, 0) is 82.8 Å². The Labute approximate surface area is 169 Å². The first-order chi connectivity index (χ1) is 13.5. The van der Waals surface area contributed by atoms with Crippen molar-refractivity contribution in [3.8, 4) is 11.6 Å². The maximum Gasteiger partial charge on any atom is 0.257 e. The van der Waals surface area contributed by atoms with Crippen LogP contribution in [0.5, 0.6) is 11.6 Å². The molecule has 4 heterocycles. The van der Waals surface area contributed by atoms with Crippen molar-refractivity contribution in [2.24, 2.45) is 5.92 Å². The lowest BCUT2D eigenvalue weighted by Gasteiger charge is -2.37. The molecule has 5 heteroatoms. The molecule has 5 nitrogen and oxygen atoms in total. The van der Waals surface area contributed by atoms with E-state index < -0.39 is 0 Å². The van der Waals surface area contributed by atoms with Crippen LogP contribution < -0.4 is 9.47 Å². The Hall–Kier alpha value is -2.01. The molecule has 152 valence electrons. The standard InChI is InChI=1S/C23H33N3O2/c1-16-13-20(14-17(2)25(16)4)15-19-7-9-26(10-8-19)18(3)21-5-6-22-23(24-21)28-12-11-27-22/h5-6,13-14,16,18-19H,7-12,15H2,1-4H3. The van der Waals surface area contributed by atoms with E-state index in [-0.39, 0.29) is 0 Å². The van der Waals surface area contributed by atoms with Gasteiger partial charge >= 0.3 is 0 Å². The van der Waals surface area contributed by atoms with E-state index in [1.165, 1.54) is 30.5 Å². The molecule has 1 aromatic rings. The van der Waals surface area contributed by atoms with Gasteiger partial charge in [-0.3, -0.25) is 4.90 Å². The largest absolute Gasteiger partial charge is 0.484 e. The number of aromatic nitrogens is 1. The first-order valence-electron chi connectivity index (χ1n) is 10.6. The van der Waals surface area contributed by atoms with Gasteiger partial charge in [0.25, 0.3) is 5.88 Å². The van der Waals surface area contributed by atoms with Crippen LogP contribution in [0.4, 0.5) is 0 Å². The summed E-state index contributed by atoms with van der Waals surface area (Å²) in [6, 6.07) is 4.90. The highest BCUT2D eigenvalue weighted by Gasteiger charge is 2.26. The molecule has 0 aromatic carbocycles. The molecule has 1 fully saturated rings. The summed E-state index contributed by atoms with van der Waals surface area (Å²) in [5.41, 5.74) is 3.97. The molecule has 28 heavy (non-hydrogen) atoms. The minimum absolute atomic E-state index is 0.307. The van der Waals surface area contributed by atoms with Crippen LogP contribution in [0.15, 0.2) is 35.6 Å². The number of likely N-dealkylation sites (N-methyl/N-ethyl adjacent to an activating group) is 1. The van der Waals surface area contributed by atoms with Gasteiger partial charge in [-0.25, -0.2) is 4.98 Å². The average molecular weight is 384 g/mol. The Balaban J connectivity index is 1.33. The molecule has 0 N–H and O–H groups in total. The van der Waals surface area contributed by atoms with E-state index in [1.54, 1.807) is 0 Å². The Kier molecular flexibility index (Phi) is 5.63. The number of fused-ring (bicyclic) bond motifs is 1. The van der Waals surface area contributed by atoms with Gasteiger partial charge in [-0.2, -0.15) is 0 Å². The van der Waals surface area contributed by atoms with Gasteiger partial charge in [0, 0.05) is 24.8 Å². The van der Waals surface area contributed by atoms with Gasteiger partial charge in [-0.15, -0.1) is 0 Å². The number of likely N-dealkylation sites (tertiary alicyclic amines) is 1. The smallest absolute Gasteiger partial charge is 0.257 e. The predicted molar refractivity (Wildman–Crippen MR) is 112 cm³/mol. The molecule has 3 aliphatic rings. The number of hydrogen-bond acceptors (Lipinski definition) is 5. The van der Waals surface area contributed by atoms with Crippen molar-refractivity contribution >= 4 is 0 Å². The second-order valence-corrected chi connectivity index (χ2v) is 8.47. The van der Waals surface area contributed by atoms with Crippen LogP contribution in [0.1, 0.15) is 51.8 Å². The lowest BCUT2D eigenvalue weighted by atomic mass is 9.87. The Morgan fingerprint density at radius 1 is 1.18 bits per heavy atom. The molecule has 2 atom stereocenters. The van der Waals surface area contributed by atoms with Gasteiger partial charge in [0.15, 0.2) is 5.75 Å². The minimum atomic E-state index is 0.307. The first-order valence-corrected chi connectivity index (χ1v) is 10.6. The number of rotatable bonds is 4. The quantitative estimate of drug-likeness (QED) is 0.780. The molecule has 2 unspecified atom stereocenters. The van der Waals surface area contributed by atoms with Crippen molar-refractivity contribution < 1.29 is 9.47 Å². The number of hydrogen-bond donors (Lipinski definition) is 0. The van der Waals surface area contributed by atoms with Crippen LogP contribution in [0.3, 0.4) is 0 Å². The molecule has 1 saturated heterocycles. The predicted octanol–water partition coefficient (Wildman–Crippen LogP) is 4.18. The molecule has 0 radical (unpaired) electrons. The summed E-state index contributed by atoms with van der Waals surface area (Å²) in [4.78, 5) is 9.61. The second kappa shape index (κ2) is 8.16. The molecule has 3 aliphatic heterocycles. The molecule has 0 bridgehead atoms. The van der Waals surface area contributed by atoms with E-state index in [2.05, 4.69) is 55.8 Å². The highest BCUT2D eigenvalue weighted by Crippen LogP contribution is 2.34. The van der Waals surface area contributed by atoms with Crippen molar-refractivity contribution in [3.63, 3.8) is 0 Å². The summed E-state index contributed by atoms with van der Waals surface area (Å²) >= 11 is 0. The number of ether oxygens (including phenoxy) is 2. The number of pyridine rings is 1. The summed E-state index contributed by atoms with van der Waals surface area (Å²) in [7, 11) is 2.18. The summed E-state index contributed by atoms with van der Waals surface area (Å²) in [6.45, 7) is 10.2. The zero-order valence-corrected chi connectivity index (χ0v) is 17.6. The lowest BCUT2D eigenvalue weighted by Crippen LogP contribution is -2.36. The van der Waals surface area contributed by atoms with E-state index >= 15 is 0 Å². The van der Waals surface area contributed by atoms with Crippen LogP contribution in [0, 0.1) is 5.92 Å². The maximum absolute atomic E-state index is 5.66. The van der Waals surface area contributed by atoms with Crippen molar-refractivity contribution in [2.75, 3.05) is 33.4 Å². The number of allylic oxidation sites excluding steroid dienone is 3. The SMILES string of the molecule is CC1=CC(CC2CCN(C(C)c3ccc4c(n3)OCCO4)CC2)=CC(C)N1C. The fraction of sp³-hybridized carbons (Fsp3) is 0.609. The molecular formula is C23H33N3O2. The minimum Gasteiger partial charge on any atom is -0.484 e. The van der Waals surface area contributed by atoms with Gasteiger partial charge in [0.05, 0.1) is 5.69 Å². The Morgan fingerprint density at radius 3 is 2.68 bits per heavy atom. The van der Waals surface area contributed by atoms with E-state index in [0.29, 0.717) is 31.2 Å². The molecule has 0 saturated carbocycles. The second-order valence-electron chi connectivity index (χ2n) is 8.47. The first kappa shape index (κ1) is 19.3. The van der Waals surface area contributed by atoms with Gasteiger partial charge in [-0.1, -0.05) is 6.08 Å². The summed E-state index contributed by atoms with van der Waals surface area (Å²) in [5, 5.41) is 0. The van der Waals surface area contributed by atoms with Crippen molar-refractivity contribution in [1.82, 2.24) is 14.8 Å². The number of nitrogens with zero attached hydrogens (tertiary/aromatic N) is 3. The topological polar surface area (TPSA) is 37.8 Å². The Morgan fingerprint density at radius 2 is 1.93 bits per heavy atom. The van der Waals surface area contributed by atoms with Crippen LogP contribution in [-0.4, -0.2) is 54.2 Å². The average Bonchev–Trinajstić information content (AvgIpc) is 2.71. The summed E-state index contributed by atoms with van der Waals surface area (Å²) < 4.78 is 11.3. The third-order valence-corrected chi connectivity index (χ3v) is 6.59. The monoisotopic (exact) mass is 383 g/mol. The Bertz CT molecular complexity index is 765. The molecular weight excluding hydrogens is 350 g/mol. The van der Waals surface area contributed by atoms with Gasteiger partial charge < -0.3 is 14.4 Å². The van der Waals surface area contributed by atoms with Crippen LogP contribution in [-0.2, 0) is 0 Å². The summed E-state index contributed by atoms with van der Waals surface area (Å²) in [5.74, 6) is 2.20. The summed E-state index contributed by atoms with van der Waals surface area (Å²) in [6.07, 6.45) is 8.52. The normalized spacial score (nSPS) is 24.6. The van der Waals surface area contributed by atoms with Crippen molar-refractivity contribution in [1.29, 1.82) is 0 Å². The molecule has 0 spiro atoms. The van der Waals surface area contributed by atoms with Crippen LogP contribution >= 0.6 is 0 Å². The molecule has 4 rings (SSSR count). The van der Waals surface area contributed by atoms with Crippen molar-refractivity contribution in [2.45, 2.75) is 52.1 Å². The van der Waals surface area contributed by atoms with E-state index in [0.717, 1.165) is 30.5 Å². The fourth-order valence-corrected chi connectivity index (χ4v) is 4.53. The van der Waals surface area contributed by atoms with Crippen LogP contribution in [0.2, 0.25) is 0 Å². The third-order valence-electron chi connectivity index (χ3n) is 6.59. The molecule has 0 amide bonds. The highest BCUT2D eigenvalue weighted by atomic mass is 16.6. The molecule has 0 aliphatic carbocycles. The zero-order chi connectivity index (χ0) is 19.7. The van der Waals surface area contributed by atoms with Crippen LogP contribution in [0.25, 0.3) is 0 Å². The lowest BCUT2D eigenvalue weighted by molar-refractivity contribution is 0.135.